The molecule has 0 saturated heterocycles. The molecule has 0 amide bonds. The van der Waals surface area contributed by atoms with E-state index in [0.717, 1.165) is 21.5 Å². The molecular weight excluding hydrogens is 299 g/mol. The Labute approximate surface area is 113 Å². The fourth-order valence-corrected chi connectivity index (χ4v) is 1.99. The van der Waals surface area contributed by atoms with Crippen molar-refractivity contribution in [3.63, 3.8) is 0 Å². The van der Waals surface area contributed by atoms with Crippen molar-refractivity contribution in [3.8, 4) is 5.75 Å². The average molecular weight is 311 g/mol. The first kappa shape index (κ1) is 12.8. The number of halogens is 2. The van der Waals surface area contributed by atoms with Crippen LogP contribution in [0.5, 0.6) is 5.75 Å². The average Bonchev–Trinajstić information content (AvgIpc) is 2.35. The second kappa shape index (κ2) is 5.35. The lowest BCUT2D eigenvalue weighted by Gasteiger charge is -2.10. The highest BCUT2D eigenvalue weighted by Gasteiger charge is 2.05. The summed E-state index contributed by atoms with van der Waals surface area (Å²) >= 11 is 3.35. The summed E-state index contributed by atoms with van der Waals surface area (Å²) < 4.78 is 19.1. The molecule has 1 heterocycles. The molecule has 1 aromatic heterocycles. The van der Waals surface area contributed by atoms with E-state index in [1.54, 1.807) is 18.3 Å². The maximum absolute atomic E-state index is 13.3. The third-order valence-corrected chi connectivity index (χ3v) is 2.89. The van der Waals surface area contributed by atoms with E-state index in [2.05, 4.69) is 26.2 Å². The Morgan fingerprint density at radius 1 is 1.33 bits per heavy atom. The smallest absolute Gasteiger partial charge is 0.165 e. The molecule has 2 rings (SSSR count). The summed E-state index contributed by atoms with van der Waals surface area (Å²) in [5.41, 5.74) is 1.72. The SMILES string of the molecule is COc1cc(Nc2ncc(Br)cc2C)ccc1F. The van der Waals surface area contributed by atoms with Crippen LogP contribution in [0.2, 0.25) is 0 Å². The van der Waals surface area contributed by atoms with Crippen LogP contribution in [0.25, 0.3) is 0 Å². The van der Waals surface area contributed by atoms with Gasteiger partial charge >= 0.3 is 0 Å². The quantitative estimate of drug-likeness (QED) is 0.929. The second-order valence-corrected chi connectivity index (χ2v) is 4.71. The van der Waals surface area contributed by atoms with E-state index in [0.29, 0.717) is 0 Å². The number of hydrogen-bond acceptors (Lipinski definition) is 3. The van der Waals surface area contributed by atoms with E-state index in [-0.39, 0.29) is 11.6 Å². The molecule has 0 atom stereocenters. The molecule has 5 heteroatoms. The molecule has 0 aliphatic carbocycles. The fourth-order valence-electron chi connectivity index (χ4n) is 1.55. The van der Waals surface area contributed by atoms with Gasteiger partial charge in [0.1, 0.15) is 5.82 Å². The zero-order valence-electron chi connectivity index (χ0n) is 10.00. The molecule has 3 nitrogen and oxygen atoms in total. The van der Waals surface area contributed by atoms with E-state index >= 15 is 0 Å². The van der Waals surface area contributed by atoms with Crippen molar-refractivity contribution in [1.29, 1.82) is 0 Å². The van der Waals surface area contributed by atoms with Crippen LogP contribution in [0.4, 0.5) is 15.9 Å². The van der Waals surface area contributed by atoms with Crippen LogP contribution in [0.3, 0.4) is 0 Å². The summed E-state index contributed by atoms with van der Waals surface area (Å²) in [6, 6.07) is 6.55. The van der Waals surface area contributed by atoms with Gasteiger partial charge in [-0.25, -0.2) is 9.37 Å². The minimum Gasteiger partial charge on any atom is -0.494 e. The summed E-state index contributed by atoms with van der Waals surface area (Å²) in [6.07, 6.45) is 1.70. The van der Waals surface area contributed by atoms with E-state index < -0.39 is 0 Å². The summed E-state index contributed by atoms with van der Waals surface area (Å²) in [5.74, 6) is 0.546. The lowest BCUT2D eigenvalue weighted by Crippen LogP contribution is -1.97. The number of hydrogen-bond donors (Lipinski definition) is 1. The van der Waals surface area contributed by atoms with Crippen molar-refractivity contribution in [1.82, 2.24) is 4.98 Å². The minimum atomic E-state index is -0.386. The van der Waals surface area contributed by atoms with Crippen molar-refractivity contribution in [2.75, 3.05) is 12.4 Å². The van der Waals surface area contributed by atoms with Gasteiger partial charge in [0.05, 0.1) is 7.11 Å². The number of anilines is 2. The van der Waals surface area contributed by atoms with Gasteiger partial charge in [-0.2, -0.15) is 0 Å². The predicted octanol–water partition coefficient (Wildman–Crippen LogP) is 4.04. The molecule has 0 spiro atoms. The second-order valence-electron chi connectivity index (χ2n) is 3.79. The Morgan fingerprint density at radius 2 is 2.11 bits per heavy atom. The fraction of sp³-hybridized carbons (Fsp3) is 0.154. The number of aryl methyl sites for hydroxylation is 1. The van der Waals surface area contributed by atoms with Crippen molar-refractivity contribution in [3.05, 3.63) is 46.3 Å². The Bertz CT molecular complexity index is 575. The standard InChI is InChI=1S/C13H12BrFN2O/c1-8-5-9(14)7-16-13(8)17-10-3-4-11(15)12(6-10)18-2/h3-7H,1-2H3,(H,16,17). The highest BCUT2D eigenvalue weighted by molar-refractivity contribution is 9.10. The predicted molar refractivity (Wildman–Crippen MR) is 72.9 cm³/mol. The third kappa shape index (κ3) is 2.79. The third-order valence-electron chi connectivity index (χ3n) is 2.46. The number of ether oxygens (including phenoxy) is 1. The van der Waals surface area contributed by atoms with Crippen LogP contribution in [0, 0.1) is 12.7 Å². The molecule has 18 heavy (non-hydrogen) atoms. The maximum atomic E-state index is 13.3. The number of methoxy groups -OCH3 is 1. The van der Waals surface area contributed by atoms with Crippen molar-refractivity contribution in [2.24, 2.45) is 0 Å². The van der Waals surface area contributed by atoms with E-state index in [9.17, 15) is 4.39 Å². The number of pyridine rings is 1. The first-order valence-electron chi connectivity index (χ1n) is 5.33. The van der Waals surface area contributed by atoms with E-state index in [4.69, 9.17) is 4.74 Å². The Hall–Kier alpha value is -1.62. The topological polar surface area (TPSA) is 34.1 Å². The Balaban J connectivity index is 2.28. The van der Waals surface area contributed by atoms with Crippen LogP contribution in [0.15, 0.2) is 34.9 Å². The molecule has 0 bridgehead atoms. The summed E-state index contributed by atoms with van der Waals surface area (Å²) in [7, 11) is 1.44. The number of nitrogens with zero attached hydrogens (tertiary/aromatic N) is 1. The van der Waals surface area contributed by atoms with Crippen LogP contribution in [0.1, 0.15) is 5.56 Å². The van der Waals surface area contributed by atoms with Gasteiger partial charge in [-0.15, -0.1) is 0 Å². The number of benzene rings is 1. The van der Waals surface area contributed by atoms with Gasteiger partial charge in [0.2, 0.25) is 0 Å². The number of nitrogens with one attached hydrogen (secondary N) is 1. The highest BCUT2D eigenvalue weighted by atomic mass is 79.9. The molecule has 0 aliphatic rings. The van der Waals surface area contributed by atoms with Gasteiger partial charge in [-0.3, -0.25) is 0 Å². The molecule has 1 N–H and O–H groups in total. The zero-order chi connectivity index (χ0) is 13.1. The van der Waals surface area contributed by atoms with Gasteiger partial charge in [0.25, 0.3) is 0 Å². The normalized spacial score (nSPS) is 10.2. The summed E-state index contributed by atoms with van der Waals surface area (Å²) in [5, 5.41) is 3.12. The first-order chi connectivity index (χ1) is 8.60. The summed E-state index contributed by atoms with van der Waals surface area (Å²) in [6.45, 7) is 1.95. The molecule has 2 aromatic rings. The molecule has 0 radical (unpaired) electrons. The van der Waals surface area contributed by atoms with Crippen molar-refractivity contribution < 1.29 is 9.13 Å². The summed E-state index contributed by atoms with van der Waals surface area (Å²) in [4.78, 5) is 4.26. The van der Waals surface area contributed by atoms with E-state index in [1.165, 1.54) is 13.2 Å². The van der Waals surface area contributed by atoms with Gasteiger partial charge in [-0.1, -0.05) is 0 Å². The molecule has 0 saturated carbocycles. The lowest BCUT2D eigenvalue weighted by molar-refractivity contribution is 0.387. The van der Waals surface area contributed by atoms with Crippen LogP contribution < -0.4 is 10.1 Å². The molecule has 0 fully saturated rings. The Kier molecular flexibility index (Phi) is 3.81. The van der Waals surface area contributed by atoms with Gasteiger partial charge < -0.3 is 10.1 Å². The van der Waals surface area contributed by atoms with Crippen LogP contribution >= 0.6 is 15.9 Å². The van der Waals surface area contributed by atoms with Gasteiger partial charge in [0.15, 0.2) is 11.6 Å². The minimum absolute atomic E-state index is 0.203. The van der Waals surface area contributed by atoms with Crippen LogP contribution in [-0.4, -0.2) is 12.1 Å². The largest absolute Gasteiger partial charge is 0.494 e. The van der Waals surface area contributed by atoms with E-state index in [1.807, 2.05) is 13.0 Å². The molecule has 0 aliphatic heterocycles. The molecular formula is C13H12BrFN2O. The molecule has 0 unspecified atom stereocenters. The highest BCUT2D eigenvalue weighted by Crippen LogP contribution is 2.25. The number of rotatable bonds is 3. The lowest BCUT2D eigenvalue weighted by atomic mass is 10.2. The van der Waals surface area contributed by atoms with Crippen molar-refractivity contribution >= 4 is 27.4 Å². The first-order valence-corrected chi connectivity index (χ1v) is 6.12. The van der Waals surface area contributed by atoms with Crippen LogP contribution in [-0.2, 0) is 0 Å². The molecule has 94 valence electrons. The van der Waals surface area contributed by atoms with Gasteiger partial charge in [-0.05, 0) is 46.6 Å². The number of aromatic nitrogens is 1. The maximum Gasteiger partial charge on any atom is 0.165 e. The van der Waals surface area contributed by atoms with Gasteiger partial charge in [0, 0.05) is 22.4 Å². The zero-order valence-corrected chi connectivity index (χ0v) is 11.6. The Morgan fingerprint density at radius 3 is 2.78 bits per heavy atom. The molecule has 1 aromatic carbocycles. The van der Waals surface area contributed by atoms with Crippen molar-refractivity contribution in [2.45, 2.75) is 6.92 Å². The monoisotopic (exact) mass is 310 g/mol.